The molecular weight excluding hydrogens is 268 g/mol. The van der Waals surface area contributed by atoms with Crippen LogP contribution in [0.15, 0.2) is 18.7 Å². The maximum atomic E-state index is 12.3. The predicted molar refractivity (Wildman–Crippen MR) is 80.9 cm³/mol. The lowest BCUT2D eigenvalue weighted by Gasteiger charge is -2.38. The van der Waals surface area contributed by atoms with Gasteiger partial charge in [-0.1, -0.05) is 6.92 Å². The molecule has 1 aromatic rings. The molecule has 21 heavy (non-hydrogen) atoms. The number of piperidine rings is 1. The summed E-state index contributed by atoms with van der Waals surface area (Å²) in [7, 11) is 0. The highest BCUT2D eigenvalue weighted by atomic mass is 16.3. The third kappa shape index (κ3) is 4.20. The van der Waals surface area contributed by atoms with Crippen LogP contribution >= 0.6 is 0 Å². The Bertz CT molecular complexity index is 435. The van der Waals surface area contributed by atoms with Gasteiger partial charge in [0.05, 0.1) is 12.4 Å². The fraction of sp³-hybridized carbons (Fsp3) is 0.733. The minimum atomic E-state index is -0.00236. The molecule has 0 radical (unpaired) electrons. The molecular formula is C15H26N4O2. The van der Waals surface area contributed by atoms with Crippen molar-refractivity contribution in [3.63, 3.8) is 0 Å². The molecule has 0 spiro atoms. The van der Waals surface area contributed by atoms with E-state index < -0.39 is 0 Å². The second kappa shape index (κ2) is 7.45. The first-order chi connectivity index (χ1) is 10.1. The minimum absolute atomic E-state index is 0.00236. The first-order valence-corrected chi connectivity index (χ1v) is 7.75. The highest BCUT2D eigenvalue weighted by Crippen LogP contribution is 2.27. The number of rotatable bonds is 5. The summed E-state index contributed by atoms with van der Waals surface area (Å²) in [5, 5.41) is 11.9. The molecule has 1 aliphatic heterocycles. The summed E-state index contributed by atoms with van der Waals surface area (Å²) in [6.45, 7) is 5.89. The second-order valence-electron chi connectivity index (χ2n) is 6.01. The van der Waals surface area contributed by atoms with Crippen molar-refractivity contribution < 1.29 is 9.90 Å². The Kier molecular flexibility index (Phi) is 5.61. The molecule has 1 aliphatic rings. The van der Waals surface area contributed by atoms with Gasteiger partial charge in [0.15, 0.2) is 0 Å². The zero-order chi connectivity index (χ0) is 15.2. The summed E-state index contributed by atoms with van der Waals surface area (Å²) in [6.07, 6.45) is 8.09. The van der Waals surface area contributed by atoms with Crippen molar-refractivity contribution in [1.29, 1.82) is 0 Å². The van der Waals surface area contributed by atoms with Crippen LogP contribution in [-0.4, -0.2) is 51.3 Å². The van der Waals surface area contributed by atoms with Gasteiger partial charge in [-0.05, 0) is 32.1 Å². The van der Waals surface area contributed by atoms with E-state index in [1.54, 1.807) is 6.20 Å². The molecule has 2 N–H and O–H groups in total. The van der Waals surface area contributed by atoms with Gasteiger partial charge in [0.1, 0.15) is 0 Å². The van der Waals surface area contributed by atoms with E-state index in [4.69, 9.17) is 5.11 Å². The fourth-order valence-electron chi connectivity index (χ4n) is 2.86. The van der Waals surface area contributed by atoms with E-state index in [0.717, 1.165) is 32.4 Å². The van der Waals surface area contributed by atoms with Crippen LogP contribution in [-0.2, 0) is 0 Å². The van der Waals surface area contributed by atoms with Crippen molar-refractivity contribution in [3.8, 4) is 0 Å². The molecule has 3 atom stereocenters. The summed E-state index contributed by atoms with van der Waals surface area (Å²) in [5.41, 5.74) is 0. The van der Waals surface area contributed by atoms with Gasteiger partial charge in [0.25, 0.3) is 0 Å². The van der Waals surface area contributed by atoms with Crippen molar-refractivity contribution >= 4 is 6.03 Å². The summed E-state index contributed by atoms with van der Waals surface area (Å²) >= 11 is 0. The van der Waals surface area contributed by atoms with Gasteiger partial charge in [-0.25, -0.2) is 9.78 Å². The molecule has 1 saturated heterocycles. The number of carbonyl (C=O) groups excluding carboxylic acids is 1. The Balaban J connectivity index is 1.90. The lowest BCUT2D eigenvalue weighted by atomic mass is 9.93. The molecule has 2 amide bonds. The largest absolute Gasteiger partial charge is 0.396 e. The maximum Gasteiger partial charge on any atom is 0.317 e. The summed E-state index contributed by atoms with van der Waals surface area (Å²) in [5.74, 6) is 0.537. The Labute approximate surface area is 126 Å². The van der Waals surface area contributed by atoms with E-state index in [2.05, 4.69) is 21.8 Å². The fourth-order valence-corrected chi connectivity index (χ4v) is 2.86. The van der Waals surface area contributed by atoms with Crippen LogP contribution in [0.2, 0.25) is 0 Å². The van der Waals surface area contributed by atoms with E-state index in [9.17, 15) is 4.79 Å². The molecule has 118 valence electrons. The van der Waals surface area contributed by atoms with Crippen LogP contribution in [0.5, 0.6) is 0 Å². The van der Waals surface area contributed by atoms with Crippen molar-refractivity contribution in [2.45, 2.75) is 45.2 Å². The van der Waals surface area contributed by atoms with E-state index in [-0.39, 0.29) is 18.7 Å². The second-order valence-corrected chi connectivity index (χ2v) is 6.01. The minimum Gasteiger partial charge on any atom is -0.396 e. The van der Waals surface area contributed by atoms with Gasteiger partial charge in [0.2, 0.25) is 0 Å². The van der Waals surface area contributed by atoms with Gasteiger partial charge in [-0.3, -0.25) is 0 Å². The summed E-state index contributed by atoms with van der Waals surface area (Å²) in [6, 6.07) is 0.382. The zero-order valence-electron chi connectivity index (χ0n) is 12.9. The number of hydrogen-bond acceptors (Lipinski definition) is 3. The van der Waals surface area contributed by atoms with Crippen molar-refractivity contribution in [2.24, 2.45) is 5.92 Å². The van der Waals surface area contributed by atoms with Crippen LogP contribution in [0.1, 0.15) is 39.2 Å². The van der Waals surface area contributed by atoms with Crippen molar-refractivity contribution in [3.05, 3.63) is 18.7 Å². The van der Waals surface area contributed by atoms with Crippen LogP contribution < -0.4 is 5.32 Å². The van der Waals surface area contributed by atoms with E-state index in [0.29, 0.717) is 12.0 Å². The van der Waals surface area contributed by atoms with Crippen LogP contribution in [0.3, 0.4) is 0 Å². The van der Waals surface area contributed by atoms with Crippen LogP contribution in [0.4, 0.5) is 4.79 Å². The predicted octanol–water partition coefficient (Wildman–Crippen LogP) is 1.64. The smallest absolute Gasteiger partial charge is 0.317 e. The van der Waals surface area contributed by atoms with E-state index in [1.165, 1.54) is 0 Å². The molecule has 6 heteroatoms. The number of urea groups is 1. The third-order valence-electron chi connectivity index (χ3n) is 4.28. The number of aromatic nitrogens is 2. The molecule has 3 unspecified atom stereocenters. The third-order valence-corrected chi connectivity index (χ3v) is 4.28. The number of carbonyl (C=O) groups is 1. The van der Waals surface area contributed by atoms with E-state index >= 15 is 0 Å². The number of hydrogen-bond donors (Lipinski definition) is 2. The van der Waals surface area contributed by atoms with E-state index in [1.807, 2.05) is 24.3 Å². The molecule has 6 nitrogen and oxygen atoms in total. The molecule has 0 aliphatic carbocycles. The van der Waals surface area contributed by atoms with Gasteiger partial charge >= 0.3 is 6.03 Å². The number of imidazole rings is 1. The topological polar surface area (TPSA) is 70.4 Å². The standard InChI is InChI=1S/C15H26N4O2/c1-12-5-7-18(10-14(12)19-8-6-16-11-19)15(21)17-13(2)4-3-9-20/h6,8,11-14,20H,3-5,7,9-10H2,1-2H3,(H,17,21). The van der Waals surface area contributed by atoms with Crippen LogP contribution in [0.25, 0.3) is 0 Å². The highest BCUT2D eigenvalue weighted by Gasteiger charge is 2.30. The Morgan fingerprint density at radius 3 is 3.05 bits per heavy atom. The molecule has 1 fully saturated rings. The SMILES string of the molecule is CC(CCCO)NC(=O)N1CCC(C)C(n2ccnc2)C1. The molecule has 1 aromatic heterocycles. The molecule has 0 saturated carbocycles. The van der Waals surface area contributed by atoms with Crippen molar-refractivity contribution in [1.82, 2.24) is 19.8 Å². The average Bonchev–Trinajstić information content (AvgIpc) is 2.99. The number of amides is 2. The first-order valence-electron chi connectivity index (χ1n) is 7.75. The highest BCUT2D eigenvalue weighted by molar-refractivity contribution is 5.74. The molecule has 2 heterocycles. The zero-order valence-corrected chi connectivity index (χ0v) is 12.9. The lowest BCUT2D eigenvalue weighted by molar-refractivity contribution is 0.137. The normalized spacial score (nSPS) is 23.9. The molecule has 2 rings (SSSR count). The number of nitrogens with one attached hydrogen (secondary N) is 1. The van der Waals surface area contributed by atoms with Gasteiger partial charge < -0.3 is 19.9 Å². The molecule has 0 aromatic carbocycles. The molecule has 0 bridgehead atoms. The monoisotopic (exact) mass is 294 g/mol. The Morgan fingerprint density at radius 1 is 1.57 bits per heavy atom. The first kappa shape index (κ1) is 15.8. The Hall–Kier alpha value is -1.56. The van der Waals surface area contributed by atoms with Crippen LogP contribution in [0, 0.1) is 5.92 Å². The summed E-state index contributed by atoms with van der Waals surface area (Å²) in [4.78, 5) is 18.3. The quantitative estimate of drug-likeness (QED) is 0.867. The number of aliphatic hydroxyl groups is 1. The van der Waals surface area contributed by atoms with Gasteiger partial charge in [0, 0.05) is 38.1 Å². The number of aliphatic hydroxyl groups excluding tert-OH is 1. The number of likely N-dealkylation sites (tertiary alicyclic amines) is 1. The van der Waals surface area contributed by atoms with Gasteiger partial charge in [-0.2, -0.15) is 0 Å². The van der Waals surface area contributed by atoms with Crippen molar-refractivity contribution in [2.75, 3.05) is 19.7 Å². The van der Waals surface area contributed by atoms with Gasteiger partial charge in [-0.15, -0.1) is 0 Å². The average molecular weight is 294 g/mol. The maximum absolute atomic E-state index is 12.3. The summed E-state index contributed by atoms with van der Waals surface area (Å²) < 4.78 is 2.10. The Morgan fingerprint density at radius 2 is 2.38 bits per heavy atom. The number of nitrogens with zero attached hydrogens (tertiary/aromatic N) is 3. The lowest BCUT2D eigenvalue weighted by Crippen LogP contribution is -2.50.